The first-order chi connectivity index (χ1) is 15.6. The summed E-state index contributed by atoms with van der Waals surface area (Å²) in [6, 6.07) is 9.61. The molecule has 1 aliphatic carbocycles. The number of nitrogens with zero attached hydrogens (tertiary/aromatic N) is 4. The molecule has 2 aromatic rings. The van der Waals surface area contributed by atoms with Crippen molar-refractivity contribution >= 4 is 23.4 Å². The number of para-hydroxylation sites is 1. The summed E-state index contributed by atoms with van der Waals surface area (Å²) >= 11 is 1.40. The summed E-state index contributed by atoms with van der Waals surface area (Å²) < 4.78 is 7.30. The van der Waals surface area contributed by atoms with E-state index < -0.39 is 0 Å². The van der Waals surface area contributed by atoms with Crippen LogP contribution in [0, 0.1) is 0 Å². The number of rotatable bonds is 8. The second kappa shape index (κ2) is 11.1. The van der Waals surface area contributed by atoms with Crippen LogP contribution in [-0.2, 0) is 28.9 Å². The van der Waals surface area contributed by atoms with Crippen LogP contribution in [0.25, 0.3) is 0 Å². The summed E-state index contributed by atoms with van der Waals surface area (Å²) in [6.45, 7) is 5.19. The van der Waals surface area contributed by atoms with Crippen molar-refractivity contribution in [1.29, 1.82) is 0 Å². The van der Waals surface area contributed by atoms with E-state index in [0.717, 1.165) is 81.4 Å². The zero-order valence-corrected chi connectivity index (χ0v) is 19.6. The van der Waals surface area contributed by atoms with E-state index in [9.17, 15) is 9.59 Å². The third kappa shape index (κ3) is 5.60. The SMILES string of the molecule is CN(C(=O)CSc1nc(=O)n(CCCN2CCOCC2)c2c1CCCC2)c1ccccc1. The zero-order chi connectivity index (χ0) is 22.3. The summed E-state index contributed by atoms with van der Waals surface area (Å²) in [5.74, 6) is 0.271. The number of thioether (sulfide) groups is 1. The molecule has 0 saturated carbocycles. The van der Waals surface area contributed by atoms with Crippen molar-refractivity contribution in [3.63, 3.8) is 0 Å². The average Bonchev–Trinajstić information content (AvgIpc) is 2.84. The molecule has 0 N–H and O–H groups in total. The second-order valence-corrected chi connectivity index (χ2v) is 9.33. The number of carbonyl (C=O) groups excluding carboxylic acids is 1. The Hall–Kier alpha value is -2.16. The van der Waals surface area contributed by atoms with E-state index in [-0.39, 0.29) is 17.3 Å². The lowest BCUT2D eigenvalue weighted by Crippen LogP contribution is -2.38. The molecule has 0 bridgehead atoms. The zero-order valence-electron chi connectivity index (χ0n) is 18.8. The predicted octanol–water partition coefficient (Wildman–Crippen LogP) is 2.60. The van der Waals surface area contributed by atoms with E-state index in [2.05, 4.69) is 9.88 Å². The van der Waals surface area contributed by atoms with Gasteiger partial charge >= 0.3 is 5.69 Å². The maximum Gasteiger partial charge on any atom is 0.348 e. The second-order valence-electron chi connectivity index (χ2n) is 8.37. The van der Waals surface area contributed by atoms with E-state index in [1.54, 1.807) is 11.9 Å². The lowest BCUT2D eigenvalue weighted by molar-refractivity contribution is -0.115. The lowest BCUT2D eigenvalue weighted by atomic mass is 9.97. The fraction of sp³-hybridized carbons (Fsp3) is 0.542. The first-order valence-corrected chi connectivity index (χ1v) is 12.5. The number of morpholine rings is 1. The Kier molecular flexibility index (Phi) is 8.00. The van der Waals surface area contributed by atoms with Gasteiger partial charge in [-0.05, 0) is 44.2 Å². The van der Waals surface area contributed by atoms with Gasteiger partial charge in [-0.15, -0.1) is 0 Å². The molecule has 0 atom stereocenters. The summed E-state index contributed by atoms with van der Waals surface area (Å²) in [5, 5.41) is 0.740. The molecule has 2 heterocycles. The molecule has 1 fully saturated rings. The molecule has 4 rings (SSSR count). The van der Waals surface area contributed by atoms with Gasteiger partial charge in [-0.2, -0.15) is 4.98 Å². The van der Waals surface area contributed by atoms with Crippen molar-refractivity contribution in [3.05, 3.63) is 52.1 Å². The van der Waals surface area contributed by atoms with Gasteiger partial charge < -0.3 is 9.64 Å². The van der Waals surface area contributed by atoms with E-state index in [4.69, 9.17) is 4.74 Å². The van der Waals surface area contributed by atoms with Crippen molar-refractivity contribution in [2.75, 3.05) is 50.5 Å². The quantitative estimate of drug-likeness (QED) is 0.449. The highest BCUT2D eigenvalue weighted by molar-refractivity contribution is 8.00. The van der Waals surface area contributed by atoms with E-state index >= 15 is 0 Å². The number of anilines is 1. The molecule has 8 heteroatoms. The molecule has 1 aliphatic heterocycles. The largest absolute Gasteiger partial charge is 0.379 e. The highest BCUT2D eigenvalue weighted by atomic mass is 32.2. The van der Waals surface area contributed by atoms with E-state index in [1.807, 2.05) is 34.9 Å². The van der Waals surface area contributed by atoms with Gasteiger partial charge in [0.25, 0.3) is 0 Å². The topological polar surface area (TPSA) is 67.7 Å². The Bertz CT molecular complexity index is 973. The van der Waals surface area contributed by atoms with Crippen molar-refractivity contribution < 1.29 is 9.53 Å². The van der Waals surface area contributed by atoms with Crippen molar-refractivity contribution in [2.24, 2.45) is 0 Å². The van der Waals surface area contributed by atoms with Crippen LogP contribution in [0.3, 0.4) is 0 Å². The summed E-state index contributed by atoms with van der Waals surface area (Å²) in [4.78, 5) is 34.1. The van der Waals surface area contributed by atoms with Crippen molar-refractivity contribution in [1.82, 2.24) is 14.5 Å². The third-order valence-electron chi connectivity index (χ3n) is 6.26. The Labute approximate surface area is 193 Å². The average molecular weight is 457 g/mol. The molecule has 32 heavy (non-hydrogen) atoms. The Balaban J connectivity index is 1.43. The van der Waals surface area contributed by atoms with Gasteiger partial charge in [-0.1, -0.05) is 30.0 Å². The van der Waals surface area contributed by atoms with Crippen LogP contribution >= 0.6 is 11.8 Å². The molecule has 0 spiro atoms. The van der Waals surface area contributed by atoms with Crippen molar-refractivity contribution in [3.8, 4) is 0 Å². The maximum atomic E-state index is 12.9. The number of hydrogen-bond donors (Lipinski definition) is 0. The minimum absolute atomic E-state index is 0.00208. The smallest absolute Gasteiger partial charge is 0.348 e. The Morgan fingerprint density at radius 3 is 2.66 bits per heavy atom. The first-order valence-electron chi connectivity index (χ1n) is 11.5. The third-order valence-corrected chi connectivity index (χ3v) is 7.26. The molecular formula is C24H32N4O3S. The van der Waals surface area contributed by atoms with Crippen LogP contribution in [-0.4, -0.2) is 66.0 Å². The molecule has 0 unspecified atom stereocenters. The molecule has 1 amide bonds. The van der Waals surface area contributed by atoms with Crippen LogP contribution < -0.4 is 10.6 Å². The molecule has 2 aliphatic rings. The predicted molar refractivity (Wildman–Crippen MR) is 128 cm³/mol. The number of benzene rings is 1. The monoisotopic (exact) mass is 456 g/mol. The normalized spacial score (nSPS) is 16.5. The molecule has 1 aromatic carbocycles. The molecule has 1 aromatic heterocycles. The van der Waals surface area contributed by atoms with E-state index in [1.165, 1.54) is 17.3 Å². The van der Waals surface area contributed by atoms with Gasteiger partial charge in [0.2, 0.25) is 5.91 Å². The standard InChI is InChI=1S/C24H32N4O3S/c1-26(19-8-3-2-4-9-19)22(29)18-32-23-20-10-5-6-11-21(20)28(24(30)25-23)13-7-12-27-14-16-31-17-15-27/h2-4,8-9H,5-7,10-18H2,1H3. The Morgan fingerprint density at radius 2 is 1.88 bits per heavy atom. The lowest BCUT2D eigenvalue weighted by Gasteiger charge is -2.27. The van der Waals surface area contributed by atoms with E-state index in [0.29, 0.717) is 6.54 Å². The minimum Gasteiger partial charge on any atom is -0.379 e. The molecule has 1 saturated heterocycles. The number of aromatic nitrogens is 2. The van der Waals surface area contributed by atoms with Gasteiger partial charge in [0.1, 0.15) is 5.03 Å². The molecule has 0 radical (unpaired) electrons. The Morgan fingerprint density at radius 1 is 1.12 bits per heavy atom. The van der Waals surface area contributed by atoms with Crippen LogP contribution in [0.2, 0.25) is 0 Å². The number of amides is 1. The van der Waals surface area contributed by atoms with Gasteiger partial charge in [0.15, 0.2) is 0 Å². The molecular weight excluding hydrogens is 424 g/mol. The molecule has 172 valence electrons. The van der Waals surface area contributed by atoms with Crippen molar-refractivity contribution in [2.45, 2.75) is 43.7 Å². The van der Waals surface area contributed by atoms with Crippen LogP contribution in [0.1, 0.15) is 30.5 Å². The summed E-state index contributed by atoms with van der Waals surface area (Å²) in [5.41, 5.74) is 2.98. The maximum absolute atomic E-state index is 12.9. The fourth-order valence-electron chi connectivity index (χ4n) is 4.40. The highest BCUT2D eigenvalue weighted by Crippen LogP contribution is 2.29. The van der Waals surface area contributed by atoms with Crippen LogP contribution in [0.15, 0.2) is 40.2 Å². The van der Waals surface area contributed by atoms with Crippen LogP contribution in [0.4, 0.5) is 5.69 Å². The minimum atomic E-state index is -0.181. The number of hydrogen-bond acceptors (Lipinski definition) is 6. The molecule has 7 nitrogen and oxygen atoms in total. The summed E-state index contributed by atoms with van der Waals surface area (Å²) in [7, 11) is 1.79. The first kappa shape index (κ1) is 23.0. The number of fused-ring (bicyclic) bond motifs is 1. The van der Waals surface area contributed by atoms with Gasteiger partial charge in [-0.3, -0.25) is 14.3 Å². The van der Waals surface area contributed by atoms with Gasteiger partial charge in [-0.25, -0.2) is 4.79 Å². The van der Waals surface area contributed by atoms with Gasteiger partial charge in [0, 0.05) is 50.2 Å². The summed E-state index contributed by atoms with van der Waals surface area (Å²) in [6.07, 6.45) is 4.97. The highest BCUT2D eigenvalue weighted by Gasteiger charge is 2.22. The van der Waals surface area contributed by atoms with Gasteiger partial charge in [0.05, 0.1) is 19.0 Å². The number of ether oxygens (including phenoxy) is 1. The number of carbonyl (C=O) groups is 1. The van der Waals surface area contributed by atoms with Crippen LogP contribution in [0.5, 0.6) is 0 Å². The fourth-order valence-corrected chi connectivity index (χ4v) is 5.39.